The number of nitrogens with zero attached hydrogens (tertiary/aromatic N) is 2. The van der Waals surface area contributed by atoms with Crippen molar-refractivity contribution in [3.05, 3.63) is 58.5 Å². The number of benzene rings is 1. The number of nitrogens with one attached hydrogen (secondary N) is 1. The predicted molar refractivity (Wildman–Crippen MR) is 111 cm³/mol. The van der Waals surface area contributed by atoms with E-state index in [1.807, 2.05) is 25.1 Å². The van der Waals surface area contributed by atoms with Gasteiger partial charge in [0, 0.05) is 23.7 Å². The van der Waals surface area contributed by atoms with Crippen molar-refractivity contribution in [1.82, 2.24) is 9.55 Å². The fraction of sp³-hybridized carbons (Fsp3) is 0.286. The first-order chi connectivity index (χ1) is 14.5. The van der Waals surface area contributed by atoms with Crippen LogP contribution in [-0.2, 0) is 22.5 Å². The number of anilines is 1. The van der Waals surface area contributed by atoms with Crippen LogP contribution in [0.1, 0.15) is 33.3 Å². The molecule has 1 aromatic carbocycles. The molecule has 3 heterocycles. The van der Waals surface area contributed by atoms with Crippen molar-refractivity contribution >= 4 is 28.2 Å². The Hall–Kier alpha value is -3.33. The van der Waals surface area contributed by atoms with Gasteiger partial charge in [-0.2, -0.15) is 0 Å². The molecule has 0 fully saturated rings. The van der Waals surface area contributed by atoms with E-state index in [2.05, 4.69) is 10.3 Å². The van der Waals surface area contributed by atoms with E-state index in [0.29, 0.717) is 22.7 Å². The summed E-state index contributed by atoms with van der Waals surface area (Å²) in [6, 6.07) is 5.78. The molecule has 1 N–H and O–H groups in total. The Kier molecular flexibility index (Phi) is 5.71. The minimum absolute atomic E-state index is 0.108. The molecule has 4 rings (SSSR count). The Labute approximate surface area is 177 Å². The van der Waals surface area contributed by atoms with Gasteiger partial charge in [-0.05, 0) is 37.1 Å². The molecule has 0 bridgehead atoms. The Morgan fingerprint density at radius 3 is 2.90 bits per heavy atom. The van der Waals surface area contributed by atoms with Crippen LogP contribution < -0.4 is 14.8 Å². The van der Waals surface area contributed by atoms with Crippen molar-refractivity contribution in [3.8, 4) is 11.5 Å². The van der Waals surface area contributed by atoms with Crippen molar-refractivity contribution in [2.45, 2.75) is 26.8 Å². The van der Waals surface area contributed by atoms with E-state index < -0.39 is 5.97 Å². The van der Waals surface area contributed by atoms with Gasteiger partial charge in [-0.15, -0.1) is 11.3 Å². The fourth-order valence-corrected chi connectivity index (χ4v) is 4.46. The first-order valence-electron chi connectivity index (χ1n) is 9.48. The average Bonchev–Trinajstić information content (AvgIpc) is 3.43. The second-order valence-electron chi connectivity index (χ2n) is 6.72. The third-order valence-electron chi connectivity index (χ3n) is 4.67. The van der Waals surface area contributed by atoms with Gasteiger partial charge < -0.3 is 24.1 Å². The lowest BCUT2D eigenvalue weighted by atomic mass is 10.1. The van der Waals surface area contributed by atoms with Gasteiger partial charge >= 0.3 is 5.97 Å². The molecule has 1 amide bonds. The van der Waals surface area contributed by atoms with Gasteiger partial charge in [-0.3, -0.25) is 4.79 Å². The molecule has 0 saturated carbocycles. The Morgan fingerprint density at radius 1 is 1.30 bits per heavy atom. The lowest BCUT2D eigenvalue weighted by Crippen LogP contribution is -2.19. The summed E-state index contributed by atoms with van der Waals surface area (Å²) in [4.78, 5) is 30.0. The summed E-state index contributed by atoms with van der Waals surface area (Å²) in [6.45, 7) is 4.21. The zero-order valence-electron chi connectivity index (χ0n) is 16.6. The standard InChI is InChI=1S/C21H21N3O5S/c1-3-27-21(26)19-13(2)17(9-14-4-5-15-16(8-14)29-12-28-15)30-20(19)23-18(25)10-24-7-6-22-11-24/h4-8,11H,3,9-10,12H2,1-2H3,(H,23,25). The van der Waals surface area contributed by atoms with Gasteiger partial charge in [-0.25, -0.2) is 9.78 Å². The number of thiophene rings is 1. The number of esters is 1. The molecule has 0 spiro atoms. The van der Waals surface area contributed by atoms with Crippen LogP contribution in [0.25, 0.3) is 0 Å². The third kappa shape index (κ3) is 4.16. The number of carbonyl (C=O) groups is 2. The summed E-state index contributed by atoms with van der Waals surface area (Å²) in [5, 5.41) is 3.35. The number of hydrogen-bond donors (Lipinski definition) is 1. The monoisotopic (exact) mass is 427 g/mol. The van der Waals surface area contributed by atoms with Gasteiger partial charge in [0.1, 0.15) is 11.5 Å². The molecule has 1 aliphatic heterocycles. The number of ether oxygens (including phenoxy) is 3. The fourth-order valence-electron chi connectivity index (χ4n) is 3.21. The minimum atomic E-state index is -0.443. The topological polar surface area (TPSA) is 91.7 Å². The van der Waals surface area contributed by atoms with Crippen molar-refractivity contribution in [2.75, 3.05) is 18.7 Å². The highest BCUT2D eigenvalue weighted by Crippen LogP contribution is 2.37. The van der Waals surface area contributed by atoms with Crippen molar-refractivity contribution in [3.63, 3.8) is 0 Å². The second-order valence-corrected chi connectivity index (χ2v) is 7.83. The lowest BCUT2D eigenvalue weighted by Gasteiger charge is -2.07. The van der Waals surface area contributed by atoms with E-state index in [1.54, 1.807) is 30.2 Å². The first-order valence-corrected chi connectivity index (χ1v) is 10.3. The molecule has 156 valence electrons. The summed E-state index contributed by atoms with van der Waals surface area (Å²) >= 11 is 1.38. The molecule has 9 heteroatoms. The third-order valence-corrected chi connectivity index (χ3v) is 5.87. The molecule has 0 aliphatic carbocycles. The summed E-state index contributed by atoms with van der Waals surface area (Å²) in [5.41, 5.74) is 2.22. The molecule has 3 aromatic rings. The zero-order chi connectivity index (χ0) is 21.1. The lowest BCUT2D eigenvalue weighted by molar-refractivity contribution is -0.116. The summed E-state index contributed by atoms with van der Waals surface area (Å²) in [7, 11) is 0. The maximum absolute atomic E-state index is 12.6. The van der Waals surface area contributed by atoms with E-state index in [4.69, 9.17) is 14.2 Å². The van der Waals surface area contributed by atoms with Gasteiger partial charge in [0.2, 0.25) is 12.7 Å². The van der Waals surface area contributed by atoms with E-state index in [0.717, 1.165) is 21.8 Å². The van der Waals surface area contributed by atoms with Crippen LogP contribution in [0.3, 0.4) is 0 Å². The summed E-state index contributed by atoms with van der Waals surface area (Å²) in [6.07, 6.45) is 5.47. The number of aromatic nitrogens is 2. The smallest absolute Gasteiger partial charge is 0.341 e. The van der Waals surface area contributed by atoms with Crippen LogP contribution in [-0.4, -0.2) is 34.8 Å². The quantitative estimate of drug-likeness (QED) is 0.581. The van der Waals surface area contributed by atoms with Gasteiger partial charge in [0.05, 0.1) is 18.5 Å². The van der Waals surface area contributed by atoms with Crippen molar-refractivity contribution in [1.29, 1.82) is 0 Å². The Balaban J connectivity index is 1.60. The molecule has 0 saturated heterocycles. The van der Waals surface area contributed by atoms with Crippen LogP contribution in [0, 0.1) is 6.92 Å². The van der Waals surface area contributed by atoms with Crippen molar-refractivity contribution < 1.29 is 23.8 Å². The van der Waals surface area contributed by atoms with E-state index in [9.17, 15) is 9.59 Å². The number of carbonyl (C=O) groups excluding carboxylic acids is 2. The van der Waals surface area contributed by atoms with Crippen LogP contribution in [0.2, 0.25) is 0 Å². The van der Waals surface area contributed by atoms with Gasteiger partial charge in [0.25, 0.3) is 0 Å². The normalized spacial score (nSPS) is 12.1. The maximum Gasteiger partial charge on any atom is 0.341 e. The number of amides is 1. The summed E-state index contributed by atoms with van der Waals surface area (Å²) < 4.78 is 17.7. The van der Waals surface area contributed by atoms with E-state index in [-0.39, 0.29) is 25.9 Å². The first kappa shape index (κ1) is 20.0. The molecule has 0 radical (unpaired) electrons. The largest absolute Gasteiger partial charge is 0.462 e. The van der Waals surface area contributed by atoms with Crippen LogP contribution in [0.5, 0.6) is 11.5 Å². The second kappa shape index (κ2) is 8.58. The van der Waals surface area contributed by atoms with Gasteiger partial charge in [0.15, 0.2) is 11.5 Å². The number of fused-ring (bicyclic) bond motifs is 1. The molecule has 30 heavy (non-hydrogen) atoms. The number of rotatable bonds is 7. The number of imidazole rings is 1. The molecule has 8 nitrogen and oxygen atoms in total. The molecular formula is C21H21N3O5S. The van der Waals surface area contributed by atoms with E-state index >= 15 is 0 Å². The zero-order valence-corrected chi connectivity index (χ0v) is 17.5. The van der Waals surface area contributed by atoms with Crippen LogP contribution in [0.15, 0.2) is 36.9 Å². The number of hydrogen-bond acceptors (Lipinski definition) is 7. The molecule has 2 aromatic heterocycles. The van der Waals surface area contributed by atoms with Crippen LogP contribution >= 0.6 is 11.3 Å². The summed E-state index contributed by atoms with van der Waals surface area (Å²) in [5.74, 6) is 0.748. The van der Waals surface area contributed by atoms with E-state index in [1.165, 1.54) is 11.3 Å². The highest BCUT2D eigenvalue weighted by Gasteiger charge is 2.24. The average molecular weight is 427 g/mol. The van der Waals surface area contributed by atoms with Gasteiger partial charge in [-0.1, -0.05) is 6.07 Å². The van der Waals surface area contributed by atoms with Crippen LogP contribution in [0.4, 0.5) is 5.00 Å². The Morgan fingerprint density at radius 2 is 2.13 bits per heavy atom. The highest BCUT2D eigenvalue weighted by atomic mass is 32.1. The SMILES string of the molecule is CCOC(=O)c1c(NC(=O)Cn2ccnc2)sc(Cc2ccc3c(c2)OCO3)c1C. The molecule has 0 unspecified atom stereocenters. The highest BCUT2D eigenvalue weighted by molar-refractivity contribution is 7.17. The molecule has 0 atom stereocenters. The Bertz CT molecular complexity index is 1070. The molecular weight excluding hydrogens is 406 g/mol. The molecule has 1 aliphatic rings. The minimum Gasteiger partial charge on any atom is -0.462 e. The predicted octanol–water partition coefficient (Wildman–Crippen LogP) is 3.39. The van der Waals surface area contributed by atoms with Crippen molar-refractivity contribution in [2.24, 2.45) is 0 Å². The maximum atomic E-state index is 12.6.